The van der Waals surface area contributed by atoms with E-state index in [-0.39, 0.29) is 11.9 Å². The maximum absolute atomic E-state index is 11.4. The van der Waals surface area contributed by atoms with Gasteiger partial charge in [0.1, 0.15) is 6.61 Å². The number of esters is 1. The molecule has 1 aliphatic heterocycles. The Morgan fingerprint density at radius 2 is 2.53 bits per heavy atom. The largest absolute Gasteiger partial charge is 0.461 e. The number of hydrogen-bond acceptors (Lipinski definition) is 4. The van der Waals surface area contributed by atoms with Crippen LogP contribution in [-0.4, -0.2) is 17.6 Å². The smallest absolute Gasteiger partial charge is 0.313 e. The molecule has 2 N–H and O–H groups in total. The minimum absolute atomic E-state index is 0.199. The zero-order valence-corrected chi connectivity index (χ0v) is 8.22. The van der Waals surface area contributed by atoms with Crippen molar-refractivity contribution in [2.24, 2.45) is 11.7 Å². The van der Waals surface area contributed by atoms with Crippen LogP contribution >= 0.6 is 0 Å². The number of carbonyl (C=O) groups excluding carboxylic acids is 1. The van der Waals surface area contributed by atoms with Crippen molar-refractivity contribution in [1.82, 2.24) is 4.98 Å². The third kappa shape index (κ3) is 1.98. The first-order valence-electron chi connectivity index (χ1n) is 4.77. The van der Waals surface area contributed by atoms with Crippen LogP contribution in [-0.2, 0) is 16.0 Å². The number of aromatic nitrogens is 1. The van der Waals surface area contributed by atoms with E-state index in [0.717, 1.165) is 11.1 Å². The summed E-state index contributed by atoms with van der Waals surface area (Å²) in [4.78, 5) is 15.4. The molecule has 2 heterocycles. The average molecular weight is 204 g/mol. The molecule has 4 nitrogen and oxygen atoms in total. The van der Waals surface area contributed by atoms with E-state index in [4.69, 9.17) is 10.5 Å². The highest BCUT2D eigenvalue weighted by molar-refractivity contribution is 5.79. The predicted molar refractivity (Wildman–Crippen MR) is 54.7 cm³/mol. The Morgan fingerprint density at radius 1 is 1.67 bits per heavy atom. The van der Waals surface area contributed by atoms with Crippen LogP contribution in [0.3, 0.4) is 0 Å². The van der Waals surface area contributed by atoms with Crippen molar-refractivity contribution < 1.29 is 9.53 Å². The second kappa shape index (κ2) is 4.13. The van der Waals surface area contributed by atoms with E-state index in [9.17, 15) is 4.79 Å². The van der Waals surface area contributed by atoms with Gasteiger partial charge in [-0.25, -0.2) is 0 Å². The van der Waals surface area contributed by atoms with Crippen LogP contribution in [0.25, 0.3) is 0 Å². The van der Waals surface area contributed by atoms with Crippen molar-refractivity contribution in [3.63, 3.8) is 0 Å². The summed E-state index contributed by atoms with van der Waals surface area (Å²) in [6, 6.07) is 3.79. The van der Waals surface area contributed by atoms with Crippen molar-refractivity contribution in [3.05, 3.63) is 41.9 Å². The molecule has 0 spiro atoms. The number of nitrogens with two attached hydrogens (primary N) is 1. The van der Waals surface area contributed by atoms with Crippen LogP contribution in [0, 0.1) is 5.92 Å². The monoisotopic (exact) mass is 204 g/mol. The molecular formula is C11H12N2O2. The standard InChI is InChI=1S/C11H12N2O2/c12-5-9-7-15-11(14)10(9)4-8-2-1-3-13-6-8/h1-3,5-6,10H,4,7,12H2. The van der Waals surface area contributed by atoms with Crippen molar-refractivity contribution in [2.75, 3.05) is 6.61 Å². The van der Waals surface area contributed by atoms with Gasteiger partial charge >= 0.3 is 5.97 Å². The minimum atomic E-state index is -0.237. The van der Waals surface area contributed by atoms with E-state index in [0.29, 0.717) is 13.0 Å². The van der Waals surface area contributed by atoms with Crippen LogP contribution in [0.1, 0.15) is 5.56 Å². The normalized spacial score (nSPS) is 23.1. The number of hydrogen-bond donors (Lipinski definition) is 1. The van der Waals surface area contributed by atoms with Gasteiger partial charge in [0.25, 0.3) is 0 Å². The Morgan fingerprint density at radius 3 is 3.20 bits per heavy atom. The molecule has 0 bridgehead atoms. The van der Waals surface area contributed by atoms with Gasteiger partial charge in [-0.3, -0.25) is 9.78 Å². The fourth-order valence-electron chi connectivity index (χ4n) is 1.64. The third-order valence-electron chi connectivity index (χ3n) is 2.49. The number of nitrogens with zero attached hydrogens (tertiary/aromatic N) is 1. The molecule has 1 atom stereocenters. The Bertz CT molecular complexity index is 387. The van der Waals surface area contributed by atoms with Crippen LogP contribution in [0.5, 0.6) is 0 Å². The molecule has 0 aromatic carbocycles. The van der Waals surface area contributed by atoms with Crippen LogP contribution < -0.4 is 5.73 Å². The van der Waals surface area contributed by atoms with Gasteiger partial charge < -0.3 is 10.5 Å². The summed E-state index contributed by atoms with van der Waals surface area (Å²) in [5.74, 6) is -0.435. The third-order valence-corrected chi connectivity index (χ3v) is 2.49. The summed E-state index contributed by atoms with van der Waals surface area (Å²) < 4.78 is 4.93. The summed E-state index contributed by atoms with van der Waals surface area (Å²) in [5, 5.41) is 0. The number of pyridine rings is 1. The minimum Gasteiger partial charge on any atom is -0.461 e. The van der Waals surface area contributed by atoms with Crippen molar-refractivity contribution in [1.29, 1.82) is 0 Å². The molecular weight excluding hydrogens is 192 g/mol. The van der Waals surface area contributed by atoms with Gasteiger partial charge in [-0.2, -0.15) is 0 Å². The highest BCUT2D eigenvalue weighted by atomic mass is 16.5. The van der Waals surface area contributed by atoms with Gasteiger partial charge in [-0.15, -0.1) is 0 Å². The summed E-state index contributed by atoms with van der Waals surface area (Å²) in [6.45, 7) is 0.320. The Balaban J connectivity index is 2.14. The van der Waals surface area contributed by atoms with E-state index >= 15 is 0 Å². The average Bonchev–Trinajstić information content (AvgIpc) is 2.62. The molecule has 1 aromatic heterocycles. The first-order chi connectivity index (χ1) is 7.31. The van der Waals surface area contributed by atoms with Crippen molar-refractivity contribution in [2.45, 2.75) is 6.42 Å². The zero-order chi connectivity index (χ0) is 10.7. The van der Waals surface area contributed by atoms with Gasteiger partial charge in [-0.05, 0) is 29.8 Å². The molecule has 1 aliphatic rings. The number of cyclic esters (lactones) is 1. The van der Waals surface area contributed by atoms with E-state index < -0.39 is 0 Å². The van der Waals surface area contributed by atoms with Crippen LogP contribution in [0.15, 0.2) is 36.3 Å². The highest BCUT2D eigenvalue weighted by Gasteiger charge is 2.31. The second-order valence-corrected chi connectivity index (χ2v) is 3.47. The molecule has 1 saturated heterocycles. The SMILES string of the molecule is NC=C1COC(=O)C1Cc1cccnc1. The lowest BCUT2D eigenvalue weighted by atomic mass is 9.95. The van der Waals surface area contributed by atoms with Gasteiger partial charge in [0.05, 0.1) is 5.92 Å². The number of carbonyl (C=O) groups is 1. The zero-order valence-electron chi connectivity index (χ0n) is 8.22. The quantitative estimate of drug-likeness (QED) is 0.718. The summed E-state index contributed by atoms with van der Waals surface area (Å²) >= 11 is 0. The number of ether oxygens (including phenoxy) is 1. The Hall–Kier alpha value is -1.84. The summed E-state index contributed by atoms with van der Waals surface area (Å²) in [5.41, 5.74) is 7.30. The van der Waals surface area contributed by atoms with E-state index in [1.165, 1.54) is 6.20 Å². The molecule has 78 valence electrons. The maximum Gasteiger partial charge on any atom is 0.313 e. The van der Waals surface area contributed by atoms with Crippen molar-refractivity contribution >= 4 is 5.97 Å². The Labute approximate surface area is 87.8 Å². The summed E-state index contributed by atoms with van der Waals surface area (Å²) in [6.07, 6.45) is 5.53. The summed E-state index contributed by atoms with van der Waals surface area (Å²) in [7, 11) is 0. The molecule has 2 rings (SSSR count). The van der Waals surface area contributed by atoms with E-state index in [1.54, 1.807) is 12.4 Å². The first kappa shape index (κ1) is 9.71. The molecule has 1 unspecified atom stereocenters. The topological polar surface area (TPSA) is 65.2 Å². The molecule has 0 aliphatic carbocycles. The lowest BCUT2D eigenvalue weighted by Gasteiger charge is -2.06. The predicted octanol–water partition coefficient (Wildman–Crippen LogP) is 0.640. The van der Waals surface area contributed by atoms with Crippen molar-refractivity contribution in [3.8, 4) is 0 Å². The number of rotatable bonds is 2. The lowest BCUT2D eigenvalue weighted by molar-refractivity contribution is -0.141. The maximum atomic E-state index is 11.4. The second-order valence-electron chi connectivity index (χ2n) is 3.47. The molecule has 1 fully saturated rings. The Kier molecular flexibility index (Phi) is 2.67. The van der Waals surface area contributed by atoms with E-state index in [2.05, 4.69) is 4.98 Å². The van der Waals surface area contributed by atoms with Crippen LogP contribution in [0.4, 0.5) is 0 Å². The molecule has 0 amide bonds. The fourth-order valence-corrected chi connectivity index (χ4v) is 1.64. The first-order valence-corrected chi connectivity index (χ1v) is 4.77. The molecule has 0 radical (unpaired) electrons. The highest BCUT2D eigenvalue weighted by Crippen LogP contribution is 2.24. The van der Waals surface area contributed by atoms with Gasteiger partial charge in [-0.1, -0.05) is 6.07 Å². The van der Waals surface area contributed by atoms with Gasteiger partial charge in [0, 0.05) is 12.4 Å². The molecule has 4 heteroatoms. The molecule has 1 aromatic rings. The lowest BCUT2D eigenvalue weighted by Crippen LogP contribution is -2.13. The fraction of sp³-hybridized carbons (Fsp3) is 0.273. The molecule has 0 saturated carbocycles. The van der Waals surface area contributed by atoms with Crippen LogP contribution in [0.2, 0.25) is 0 Å². The van der Waals surface area contributed by atoms with Gasteiger partial charge in [0.2, 0.25) is 0 Å². The van der Waals surface area contributed by atoms with E-state index in [1.807, 2.05) is 12.1 Å². The van der Waals surface area contributed by atoms with Gasteiger partial charge in [0.15, 0.2) is 0 Å². The molecule has 15 heavy (non-hydrogen) atoms.